The highest BCUT2D eigenvalue weighted by atomic mass is 32.2. The predicted molar refractivity (Wildman–Crippen MR) is 352 cm³/mol. The minimum atomic E-state index is -0.149. The van der Waals surface area contributed by atoms with E-state index in [0.29, 0.717) is 0 Å². The van der Waals surface area contributed by atoms with Gasteiger partial charge < -0.3 is 9.47 Å². The van der Waals surface area contributed by atoms with Gasteiger partial charge in [-0.25, -0.2) is 0 Å². The van der Waals surface area contributed by atoms with Gasteiger partial charge in [0.2, 0.25) is 6.71 Å². The number of rotatable bonds is 7. The van der Waals surface area contributed by atoms with Gasteiger partial charge in [0.25, 0.3) is 0 Å². The standard InChI is InChI=1S/C78H55BN2S/c1-78(2,3)56-46-64(51-26-10-5-11-27-51)77(65(47-56)52-28-12-6-13-29-52)81-70-45-55(75-62-36-18-16-34-60(62)74(53-30-14-7-15-31-53)61-35-17-19-37-63(61)75)40-42-66(70)79-67-44-54(50-24-8-4-9-25-50)41-43-72(67)82-73-49-57(48-71(81)76(73)79)80-68-38-22-20-32-58(68)59-33-21-23-39-69(59)80/h4-49H,1-3H3. The second-order valence-corrected chi connectivity index (χ2v) is 24.2. The molecule has 0 saturated carbocycles. The first-order valence-electron chi connectivity index (χ1n) is 28.6. The van der Waals surface area contributed by atoms with E-state index in [1.54, 1.807) is 0 Å². The fourth-order valence-electron chi connectivity index (χ4n) is 13.6. The van der Waals surface area contributed by atoms with E-state index in [1.807, 2.05) is 11.8 Å². The summed E-state index contributed by atoms with van der Waals surface area (Å²) >= 11 is 1.92. The number of aromatic nitrogens is 1. The van der Waals surface area contributed by atoms with Crippen LogP contribution in [0.2, 0.25) is 0 Å². The topological polar surface area (TPSA) is 8.17 Å². The van der Waals surface area contributed by atoms with Crippen molar-refractivity contribution in [3.63, 3.8) is 0 Å². The van der Waals surface area contributed by atoms with Gasteiger partial charge in [-0.3, -0.25) is 0 Å². The van der Waals surface area contributed by atoms with Gasteiger partial charge in [-0.1, -0.05) is 269 Å². The smallest absolute Gasteiger partial charge is 0.249 e. The first kappa shape index (κ1) is 48.3. The summed E-state index contributed by atoms with van der Waals surface area (Å²) < 4.78 is 2.51. The molecule has 0 bridgehead atoms. The van der Waals surface area contributed by atoms with E-state index in [1.165, 1.54) is 142 Å². The van der Waals surface area contributed by atoms with Crippen molar-refractivity contribution in [1.82, 2.24) is 4.57 Å². The molecule has 3 heterocycles. The van der Waals surface area contributed by atoms with Crippen LogP contribution in [0.15, 0.2) is 289 Å². The second kappa shape index (κ2) is 19.0. The second-order valence-electron chi connectivity index (χ2n) is 23.1. The quantitative estimate of drug-likeness (QED) is 0.116. The molecular formula is C78H55BN2S. The Labute approximate surface area is 483 Å². The molecule has 0 atom stereocenters. The van der Waals surface area contributed by atoms with E-state index in [9.17, 15) is 0 Å². The lowest BCUT2D eigenvalue weighted by Gasteiger charge is -2.42. The van der Waals surface area contributed by atoms with Gasteiger partial charge in [-0.05, 0) is 136 Å². The van der Waals surface area contributed by atoms with Crippen molar-refractivity contribution >= 4 is 95.3 Å². The normalized spacial score (nSPS) is 12.7. The van der Waals surface area contributed by atoms with Crippen molar-refractivity contribution in [2.45, 2.75) is 36.0 Å². The molecule has 2 aliphatic rings. The van der Waals surface area contributed by atoms with Crippen LogP contribution in [0.3, 0.4) is 0 Å². The van der Waals surface area contributed by atoms with E-state index in [4.69, 9.17) is 0 Å². The van der Waals surface area contributed by atoms with Crippen LogP contribution in [0.5, 0.6) is 0 Å². The molecule has 14 aromatic rings. The number of anilines is 3. The Morgan fingerprint density at radius 3 is 1.34 bits per heavy atom. The van der Waals surface area contributed by atoms with Gasteiger partial charge in [0, 0.05) is 48.8 Å². The Morgan fingerprint density at radius 2 is 0.805 bits per heavy atom. The minimum Gasteiger partial charge on any atom is -0.310 e. The van der Waals surface area contributed by atoms with Gasteiger partial charge in [0.15, 0.2) is 0 Å². The summed E-state index contributed by atoms with van der Waals surface area (Å²) in [7, 11) is 0. The highest BCUT2D eigenvalue weighted by molar-refractivity contribution is 8.00. The van der Waals surface area contributed by atoms with Crippen LogP contribution in [-0.4, -0.2) is 11.3 Å². The average molecular weight is 1060 g/mol. The summed E-state index contributed by atoms with van der Waals surface area (Å²) in [5, 5.41) is 7.43. The Balaban J connectivity index is 1.07. The van der Waals surface area contributed by atoms with E-state index >= 15 is 0 Å². The predicted octanol–water partition coefficient (Wildman–Crippen LogP) is 19.5. The molecule has 0 radical (unpaired) electrons. The summed E-state index contributed by atoms with van der Waals surface area (Å²) in [4.78, 5) is 5.25. The molecule has 2 aliphatic heterocycles. The van der Waals surface area contributed by atoms with Crippen LogP contribution in [0.1, 0.15) is 26.3 Å². The third-order valence-corrected chi connectivity index (χ3v) is 18.5. The van der Waals surface area contributed by atoms with Crippen molar-refractivity contribution in [1.29, 1.82) is 0 Å². The van der Waals surface area contributed by atoms with E-state index in [-0.39, 0.29) is 12.1 Å². The monoisotopic (exact) mass is 1060 g/mol. The highest BCUT2D eigenvalue weighted by Crippen LogP contribution is 2.53. The molecule has 386 valence electrons. The number of benzene rings is 13. The highest BCUT2D eigenvalue weighted by Gasteiger charge is 2.43. The van der Waals surface area contributed by atoms with Crippen LogP contribution >= 0.6 is 11.8 Å². The molecule has 0 amide bonds. The third kappa shape index (κ3) is 7.66. The molecule has 0 spiro atoms. The van der Waals surface area contributed by atoms with Crippen LogP contribution in [0, 0.1) is 0 Å². The molecule has 0 saturated heterocycles. The van der Waals surface area contributed by atoms with Crippen molar-refractivity contribution < 1.29 is 0 Å². The molecule has 1 aromatic heterocycles. The molecule has 16 rings (SSSR count). The van der Waals surface area contributed by atoms with Gasteiger partial charge in [0.1, 0.15) is 0 Å². The molecule has 2 nitrogen and oxygen atoms in total. The Bertz CT molecular complexity index is 4700. The largest absolute Gasteiger partial charge is 0.310 e. The number of para-hydroxylation sites is 2. The number of hydrogen-bond donors (Lipinski definition) is 0. The Kier molecular flexibility index (Phi) is 11.2. The van der Waals surface area contributed by atoms with Gasteiger partial charge in [-0.2, -0.15) is 0 Å². The summed E-state index contributed by atoms with van der Waals surface area (Å²) in [5.74, 6) is 0. The van der Waals surface area contributed by atoms with E-state index in [0.717, 1.165) is 11.4 Å². The molecule has 0 aliphatic carbocycles. The maximum Gasteiger partial charge on any atom is 0.249 e. The third-order valence-electron chi connectivity index (χ3n) is 17.4. The fraction of sp³-hybridized carbons (Fsp3) is 0.0513. The van der Waals surface area contributed by atoms with E-state index in [2.05, 4.69) is 309 Å². The number of hydrogen-bond acceptors (Lipinski definition) is 2. The Morgan fingerprint density at radius 1 is 0.341 bits per heavy atom. The SMILES string of the molecule is CC(C)(C)c1cc(-c2ccccc2)c(N2c3cc(-c4c5ccccc5c(-c5ccccc5)c5ccccc45)ccc3B3c4cc(-c5ccccc5)ccc4Sc4cc(-n5c6ccccc6c6ccccc65)cc2c43)c(-c2ccccc2)c1. The first-order valence-corrected chi connectivity index (χ1v) is 29.4. The maximum atomic E-state index is 2.71. The molecular weight excluding hydrogens is 1010 g/mol. The summed E-state index contributed by atoms with van der Waals surface area (Å²) in [6, 6.07) is 105. The lowest BCUT2D eigenvalue weighted by molar-refractivity contribution is 0.591. The van der Waals surface area contributed by atoms with Crippen molar-refractivity contribution in [2.24, 2.45) is 0 Å². The molecule has 0 fully saturated rings. The van der Waals surface area contributed by atoms with Crippen LogP contribution in [0.4, 0.5) is 17.1 Å². The van der Waals surface area contributed by atoms with Gasteiger partial charge in [0.05, 0.1) is 16.7 Å². The van der Waals surface area contributed by atoms with Crippen LogP contribution < -0.4 is 21.3 Å². The van der Waals surface area contributed by atoms with Crippen molar-refractivity contribution in [2.75, 3.05) is 4.90 Å². The van der Waals surface area contributed by atoms with Crippen LogP contribution in [-0.2, 0) is 5.41 Å². The lowest BCUT2D eigenvalue weighted by atomic mass is 9.34. The zero-order valence-corrected chi connectivity index (χ0v) is 46.8. The summed E-state index contributed by atoms with van der Waals surface area (Å²) in [5.41, 5.74) is 24.1. The molecule has 0 N–H and O–H groups in total. The summed E-state index contributed by atoms with van der Waals surface area (Å²) in [6.07, 6.45) is 0. The average Bonchev–Trinajstić information content (AvgIpc) is 2.05. The molecule has 13 aromatic carbocycles. The van der Waals surface area contributed by atoms with Crippen molar-refractivity contribution in [3.8, 4) is 61.3 Å². The van der Waals surface area contributed by atoms with Gasteiger partial charge in [-0.15, -0.1) is 0 Å². The summed E-state index contributed by atoms with van der Waals surface area (Å²) in [6.45, 7) is 6.96. The molecule has 4 heteroatoms. The van der Waals surface area contributed by atoms with Crippen molar-refractivity contribution in [3.05, 3.63) is 285 Å². The zero-order valence-electron chi connectivity index (χ0n) is 45.9. The number of nitrogens with zero attached hydrogens (tertiary/aromatic N) is 2. The molecule has 0 unspecified atom stereocenters. The molecule has 82 heavy (non-hydrogen) atoms. The van der Waals surface area contributed by atoms with Gasteiger partial charge >= 0.3 is 0 Å². The number of fused-ring (bicyclic) bond motifs is 9. The maximum absolute atomic E-state index is 2.71. The van der Waals surface area contributed by atoms with E-state index < -0.39 is 0 Å². The fourth-order valence-corrected chi connectivity index (χ4v) is 14.8. The van der Waals surface area contributed by atoms with Crippen LogP contribution in [0.25, 0.3) is 105 Å². The first-order chi connectivity index (χ1) is 40.3. The minimum absolute atomic E-state index is 0.0828. The Hall–Kier alpha value is -9.61. The lowest BCUT2D eigenvalue weighted by Crippen LogP contribution is -2.60. The zero-order chi connectivity index (χ0) is 54.6.